The number of aromatic nitrogens is 1. The number of nitrogens with one attached hydrogen (secondary N) is 2. The van der Waals surface area contributed by atoms with E-state index in [-0.39, 0.29) is 11.7 Å². The van der Waals surface area contributed by atoms with Crippen molar-refractivity contribution in [1.29, 1.82) is 0 Å². The molecule has 1 aromatic carbocycles. The standard InChI is InChI=1S/C21H30N4O2/c1-17-10-4-5-11-19(17)27-18(2)16-24-21(22-3)23-13-7-9-15-25-14-8-6-12-20(25)26/h4-6,8,10-12,14,18H,7,9,13,15-16H2,1-3H3,(H2,22,23,24). The lowest BCUT2D eigenvalue weighted by molar-refractivity contribution is 0.222. The van der Waals surface area contributed by atoms with Crippen LogP contribution in [-0.2, 0) is 6.54 Å². The number of nitrogens with zero attached hydrogens (tertiary/aromatic N) is 2. The van der Waals surface area contributed by atoms with Crippen molar-refractivity contribution in [3.8, 4) is 5.75 Å². The summed E-state index contributed by atoms with van der Waals surface area (Å²) in [4.78, 5) is 15.9. The third-order valence-electron chi connectivity index (χ3n) is 4.22. The van der Waals surface area contributed by atoms with Gasteiger partial charge in [-0.15, -0.1) is 0 Å². The number of benzene rings is 1. The van der Waals surface area contributed by atoms with Gasteiger partial charge in [0.15, 0.2) is 5.96 Å². The SMILES string of the molecule is CN=C(NCCCCn1ccccc1=O)NCC(C)Oc1ccccc1C. The summed E-state index contributed by atoms with van der Waals surface area (Å²) in [6.07, 6.45) is 3.74. The Morgan fingerprint density at radius 2 is 1.93 bits per heavy atom. The van der Waals surface area contributed by atoms with E-state index in [4.69, 9.17) is 4.74 Å². The molecule has 0 saturated carbocycles. The van der Waals surface area contributed by atoms with Crippen molar-refractivity contribution in [3.05, 3.63) is 64.6 Å². The molecule has 0 bridgehead atoms. The van der Waals surface area contributed by atoms with Crippen molar-refractivity contribution in [2.24, 2.45) is 4.99 Å². The number of para-hydroxylation sites is 1. The first kappa shape index (κ1) is 20.6. The van der Waals surface area contributed by atoms with Gasteiger partial charge < -0.3 is 19.9 Å². The molecule has 1 unspecified atom stereocenters. The topological polar surface area (TPSA) is 67.7 Å². The summed E-state index contributed by atoms with van der Waals surface area (Å²) in [7, 11) is 1.76. The number of rotatable bonds is 9. The van der Waals surface area contributed by atoms with Crippen molar-refractivity contribution < 1.29 is 4.74 Å². The highest BCUT2D eigenvalue weighted by molar-refractivity contribution is 5.79. The van der Waals surface area contributed by atoms with Crippen molar-refractivity contribution >= 4 is 5.96 Å². The average Bonchev–Trinajstić information content (AvgIpc) is 2.67. The van der Waals surface area contributed by atoms with E-state index >= 15 is 0 Å². The van der Waals surface area contributed by atoms with Gasteiger partial charge in [0.1, 0.15) is 11.9 Å². The maximum Gasteiger partial charge on any atom is 0.250 e. The highest BCUT2D eigenvalue weighted by atomic mass is 16.5. The van der Waals surface area contributed by atoms with Crippen LogP contribution < -0.4 is 20.9 Å². The van der Waals surface area contributed by atoms with E-state index in [0.29, 0.717) is 6.54 Å². The fourth-order valence-corrected chi connectivity index (χ4v) is 2.67. The summed E-state index contributed by atoms with van der Waals surface area (Å²) in [5, 5.41) is 6.58. The van der Waals surface area contributed by atoms with E-state index in [1.54, 1.807) is 23.7 Å². The normalized spacial score (nSPS) is 12.5. The second-order valence-electron chi connectivity index (χ2n) is 6.51. The molecule has 2 N–H and O–H groups in total. The fraction of sp³-hybridized carbons (Fsp3) is 0.429. The summed E-state index contributed by atoms with van der Waals surface area (Å²) in [5.41, 5.74) is 1.18. The predicted molar refractivity (Wildman–Crippen MR) is 111 cm³/mol. The Bertz CT molecular complexity index is 786. The lowest BCUT2D eigenvalue weighted by atomic mass is 10.2. The molecule has 0 saturated heterocycles. The van der Waals surface area contributed by atoms with Crippen LogP contribution in [0.5, 0.6) is 5.75 Å². The maximum absolute atomic E-state index is 11.6. The summed E-state index contributed by atoms with van der Waals surface area (Å²) in [6.45, 7) is 6.26. The van der Waals surface area contributed by atoms with E-state index in [1.165, 1.54) is 0 Å². The molecule has 6 nitrogen and oxygen atoms in total. The van der Waals surface area contributed by atoms with Crippen LogP contribution in [0.2, 0.25) is 0 Å². The van der Waals surface area contributed by atoms with Crippen molar-refractivity contribution in [2.45, 2.75) is 39.3 Å². The van der Waals surface area contributed by atoms with Gasteiger partial charge in [-0.3, -0.25) is 9.79 Å². The zero-order valence-electron chi connectivity index (χ0n) is 16.4. The number of hydrogen-bond donors (Lipinski definition) is 2. The van der Waals surface area contributed by atoms with Gasteiger partial charge in [-0.1, -0.05) is 24.3 Å². The maximum atomic E-state index is 11.6. The third-order valence-corrected chi connectivity index (χ3v) is 4.22. The van der Waals surface area contributed by atoms with Gasteiger partial charge >= 0.3 is 0 Å². The molecule has 0 amide bonds. The minimum atomic E-state index is 0.0228. The largest absolute Gasteiger partial charge is 0.489 e. The van der Waals surface area contributed by atoms with Gasteiger partial charge in [-0.2, -0.15) is 0 Å². The van der Waals surface area contributed by atoms with Gasteiger partial charge in [-0.25, -0.2) is 0 Å². The molecular formula is C21H30N4O2. The number of unbranched alkanes of at least 4 members (excludes halogenated alkanes) is 1. The molecule has 146 valence electrons. The first-order valence-electron chi connectivity index (χ1n) is 9.42. The van der Waals surface area contributed by atoms with Gasteiger partial charge in [-0.05, 0) is 44.4 Å². The smallest absolute Gasteiger partial charge is 0.250 e. The molecule has 1 aromatic heterocycles. The molecular weight excluding hydrogens is 340 g/mol. The Morgan fingerprint density at radius 1 is 1.15 bits per heavy atom. The van der Waals surface area contributed by atoms with Crippen LogP contribution in [0.25, 0.3) is 0 Å². The second kappa shape index (κ2) is 11.1. The van der Waals surface area contributed by atoms with Gasteiger partial charge in [0.2, 0.25) is 5.56 Å². The molecule has 2 rings (SSSR count). The zero-order valence-corrected chi connectivity index (χ0v) is 16.4. The average molecular weight is 370 g/mol. The van der Waals surface area contributed by atoms with Crippen LogP contribution in [-0.4, -0.2) is 36.8 Å². The number of guanidine groups is 1. The third kappa shape index (κ3) is 7.17. The molecule has 6 heteroatoms. The number of aliphatic imine (C=N–C) groups is 1. The number of pyridine rings is 1. The summed E-state index contributed by atoms with van der Waals surface area (Å²) < 4.78 is 7.70. The lowest BCUT2D eigenvalue weighted by Gasteiger charge is -2.18. The number of ether oxygens (including phenoxy) is 1. The Labute approximate surface area is 161 Å². The predicted octanol–water partition coefficient (Wildman–Crippen LogP) is 2.57. The van der Waals surface area contributed by atoms with E-state index in [2.05, 4.69) is 15.6 Å². The Morgan fingerprint density at radius 3 is 2.67 bits per heavy atom. The van der Waals surface area contributed by atoms with Gasteiger partial charge in [0.25, 0.3) is 0 Å². The van der Waals surface area contributed by atoms with E-state index in [9.17, 15) is 4.79 Å². The highest BCUT2D eigenvalue weighted by Crippen LogP contribution is 2.17. The van der Waals surface area contributed by atoms with E-state index in [1.807, 2.05) is 50.4 Å². The van der Waals surface area contributed by atoms with E-state index in [0.717, 1.165) is 43.2 Å². The molecule has 0 radical (unpaired) electrons. The van der Waals surface area contributed by atoms with Gasteiger partial charge in [0, 0.05) is 32.4 Å². The molecule has 1 atom stereocenters. The van der Waals surface area contributed by atoms with Crippen molar-refractivity contribution in [2.75, 3.05) is 20.1 Å². The summed E-state index contributed by atoms with van der Waals surface area (Å²) >= 11 is 0. The van der Waals surface area contributed by atoms with Crippen molar-refractivity contribution in [1.82, 2.24) is 15.2 Å². The molecule has 0 fully saturated rings. The first-order chi connectivity index (χ1) is 13.1. The van der Waals surface area contributed by atoms with Crippen LogP contribution in [0.1, 0.15) is 25.3 Å². The van der Waals surface area contributed by atoms with Crippen LogP contribution in [0.4, 0.5) is 0 Å². The molecule has 0 aliphatic carbocycles. The minimum Gasteiger partial charge on any atom is -0.489 e. The molecule has 2 aromatic rings. The molecule has 27 heavy (non-hydrogen) atoms. The molecule has 0 spiro atoms. The first-order valence-corrected chi connectivity index (χ1v) is 9.42. The zero-order chi connectivity index (χ0) is 19.5. The molecule has 0 aliphatic rings. The quantitative estimate of drug-likeness (QED) is 0.404. The van der Waals surface area contributed by atoms with Crippen LogP contribution in [0, 0.1) is 6.92 Å². The summed E-state index contributed by atoms with van der Waals surface area (Å²) in [6, 6.07) is 13.2. The fourth-order valence-electron chi connectivity index (χ4n) is 2.67. The van der Waals surface area contributed by atoms with Crippen molar-refractivity contribution in [3.63, 3.8) is 0 Å². The monoisotopic (exact) mass is 370 g/mol. The number of aryl methyl sites for hydroxylation is 2. The van der Waals surface area contributed by atoms with E-state index < -0.39 is 0 Å². The second-order valence-corrected chi connectivity index (χ2v) is 6.51. The lowest BCUT2D eigenvalue weighted by Crippen LogP contribution is -2.42. The Balaban J connectivity index is 1.64. The summed E-state index contributed by atoms with van der Waals surface area (Å²) in [5.74, 6) is 1.66. The number of hydrogen-bond acceptors (Lipinski definition) is 3. The molecule has 1 heterocycles. The highest BCUT2D eigenvalue weighted by Gasteiger charge is 2.07. The van der Waals surface area contributed by atoms with Crippen LogP contribution >= 0.6 is 0 Å². The van der Waals surface area contributed by atoms with Gasteiger partial charge in [0.05, 0.1) is 6.54 Å². The minimum absolute atomic E-state index is 0.0228. The van der Waals surface area contributed by atoms with Crippen LogP contribution in [0.15, 0.2) is 58.4 Å². The Kier molecular flexibility index (Phi) is 8.42. The van der Waals surface area contributed by atoms with Crippen LogP contribution in [0.3, 0.4) is 0 Å². The Hall–Kier alpha value is -2.76. The molecule has 0 aliphatic heterocycles.